The highest BCUT2D eigenvalue weighted by atomic mass is 16.5. The second-order valence-corrected chi connectivity index (χ2v) is 8.61. The Morgan fingerprint density at radius 3 is 2.88 bits per heavy atom. The van der Waals surface area contributed by atoms with E-state index < -0.39 is 0 Å². The van der Waals surface area contributed by atoms with Crippen LogP contribution in [-0.2, 0) is 19.5 Å². The Morgan fingerprint density at radius 2 is 2.00 bits per heavy atom. The van der Waals surface area contributed by atoms with Crippen molar-refractivity contribution in [3.05, 3.63) is 83.6 Å². The molecule has 0 saturated carbocycles. The van der Waals surface area contributed by atoms with Gasteiger partial charge >= 0.3 is 0 Å². The lowest BCUT2D eigenvalue weighted by atomic mass is 10.1. The minimum absolute atomic E-state index is 0.162. The zero-order chi connectivity index (χ0) is 23.5. The normalized spacial score (nSPS) is 14.9. The van der Waals surface area contributed by atoms with Gasteiger partial charge < -0.3 is 14.6 Å². The van der Waals surface area contributed by atoms with Gasteiger partial charge in [-0.2, -0.15) is 0 Å². The summed E-state index contributed by atoms with van der Waals surface area (Å²) < 4.78 is 7.38. The molecule has 2 aromatic heterocycles. The summed E-state index contributed by atoms with van der Waals surface area (Å²) in [7, 11) is 1.59. The second-order valence-electron chi connectivity index (χ2n) is 8.61. The van der Waals surface area contributed by atoms with Crippen LogP contribution in [0.5, 0.6) is 5.75 Å². The van der Waals surface area contributed by atoms with E-state index in [1.807, 2.05) is 31.3 Å². The summed E-state index contributed by atoms with van der Waals surface area (Å²) in [6.07, 6.45) is 2.64. The van der Waals surface area contributed by atoms with Crippen LogP contribution in [0.15, 0.2) is 60.8 Å². The predicted octanol–water partition coefficient (Wildman–Crippen LogP) is 3.38. The number of fused-ring (bicyclic) bond motifs is 2. The zero-order valence-corrected chi connectivity index (χ0v) is 19.4. The highest BCUT2D eigenvalue weighted by Gasteiger charge is 2.23. The third-order valence-corrected chi connectivity index (χ3v) is 6.29. The summed E-state index contributed by atoms with van der Waals surface area (Å²) in [5.41, 5.74) is 2.85. The number of hydrogen-bond acceptors (Lipinski definition) is 6. The number of aromatic nitrogens is 4. The van der Waals surface area contributed by atoms with Gasteiger partial charge in [-0.25, -0.2) is 0 Å². The first-order valence-electron chi connectivity index (χ1n) is 11.5. The van der Waals surface area contributed by atoms with Gasteiger partial charge in [0.15, 0.2) is 5.82 Å². The lowest BCUT2D eigenvalue weighted by molar-refractivity contribution is 0.0937. The average molecular weight is 457 g/mol. The molecular formula is C26H28N6O2. The van der Waals surface area contributed by atoms with E-state index >= 15 is 0 Å². The number of hydrogen-bond donors (Lipinski definition) is 1. The monoisotopic (exact) mass is 456 g/mol. The van der Waals surface area contributed by atoms with Crippen molar-refractivity contribution >= 4 is 16.8 Å². The second kappa shape index (κ2) is 9.61. The minimum Gasteiger partial charge on any atom is -0.497 e. The fourth-order valence-electron chi connectivity index (χ4n) is 4.46. The molecule has 34 heavy (non-hydrogen) atoms. The van der Waals surface area contributed by atoms with Crippen LogP contribution in [0.3, 0.4) is 0 Å². The summed E-state index contributed by atoms with van der Waals surface area (Å²) in [5.74, 6) is 2.23. The van der Waals surface area contributed by atoms with E-state index in [0.717, 1.165) is 55.2 Å². The molecule has 1 N–H and O–H groups in total. The van der Waals surface area contributed by atoms with Crippen molar-refractivity contribution < 1.29 is 9.53 Å². The lowest BCUT2D eigenvalue weighted by Gasteiger charge is -2.20. The number of carbonyl (C=O) groups is 1. The van der Waals surface area contributed by atoms with Crippen LogP contribution in [0.4, 0.5) is 0 Å². The van der Waals surface area contributed by atoms with Gasteiger partial charge in [-0.1, -0.05) is 18.2 Å². The number of rotatable bonds is 6. The number of ether oxygens (including phenoxy) is 1. The Balaban J connectivity index is 1.25. The van der Waals surface area contributed by atoms with Crippen LogP contribution in [0.2, 0.25) is 0 Å². The van der Waals surface area contributed by atoms with Crippen LogP contribution < -0.4 is 10.1 Å². The first kappa shape index (κ1) is 22.0. The molecular weight excluding hydrogens is 428 g/mol. The minimum atomic E-state index is -0.264. The van der Waals surface area contributed by atoms with E-state index in [1.54, 1.807) is 19.2 Å². The van der Waals surface area contributed by atoms with E-state index in [-0.39, 0.29) is 11.9 Å². The van der Waals surface area contributed by atoms with Gasteiger partial charge in [-0.15, -0.1) is 10.2 Å². The van der Waals surface area contributed by atoms with Crippen LogP contribution in [0.1, 0.15) is 40.5 Å². The summed E-state index contributed by atoms with van der Waals surface area (Å²) in [4.78, 5) is 19.6. The van der Waals surface area contributed by atoms with Crippen LogP contribution in [0.25, 0.3) is 10.9 Å². The molecule has 8 heteroatoms. The Hall–Kier alpha value is -3.78. The maximum absolute atomic E-state index is 12.8. The van der Waals surface area contributed by atoms with Gasteiger partial charge in [-0.3, -0.25) is 14.7 Å². The van der Waals surface area contributed by atoms with Crippen LogP contribution in [-0.4, -0.2) is 50.8 Å². The van der Waals surface area contributed by atoms with Crippen LogP contribution >= 0.6 is 0 Å². The number of pyridine rings is 1. The highest BCUT2D eigenvalue weighted by Crippen LogP contribution is 2.20. The Labute approximate surface area is 198 Å². The number of methoxy groups -OCH3 is 1. The number of carbonyl (C=O) groups excluding carboxylic acids is 1. The molecule has 1 aliphatic heterocycles. The molecule has 0 aliphatic carbocycles. The summed E-state index contributed by atoms with van der Waals surface area (Å²) >= 11 is 0. The van der Waals surface area contributed by atoms with Crippen molar-refractivity contribution in [2.75, 3.05) is 20.2 Å². The molecule has 0 bridgehead atoms. The first-order chi connectivity index (χ1) is 16.6. The predicted molar refractivity (Wildman–Crippen MR) is 130 cm³/mol. The third kappa shape index (κ3) is 4.63. The largest absolute Gasteiger partial charge is 0.497 e. The van der Waals surface area contributed by atoms with Gasteiger partial charge in [0.05, 0.1) is 18.7 Å². The zero-order valence-electron chi connectivity index (χ0n) is 19.4. The maximum Gasteiger partial charge on any atom is 0.251 e. The molecule has 0 saturated heterocycles. The van der Waals surface area contributed by atoms with Crippen molar-refractivity contribution in [3.63, 3.8) is 0 Å². The quantitative estimate of drug-likeness (QED) is 0.479. The van der Waals surface area contributed by atoms with E-state index in [2.05, 4.69) is 54.2 Å². The highest BCUT2D eigenvalue weighted by molar-refractivity contribution is 5.94. The van der Waals surface area contributed by atoms with Crippen molar-refractivity contribution in [2.45, 2.75) is 32.5 Å². The van der Waals surface area contributed by atoms with Crippen molar-refractivity contribution in [1.29, 1.82) is 0 Å². The molecule has 1 unspecified atom stereocenters. The Morgan fingerprint density at radius 1 is 1.09 bits per heavy atom. The van der Waals surface area contributed by atoms with Crippen molar-refractivity contribution in [3.8, 4) is 5.75 Å². The fraction of sp³-hybridized carbons (Fsp3) is 0.308. The van der Waals surface area contributed by atoms with Crippen molar-refractivity contribution in [2.24, 2.45) is 0 Å². The van der Waals surface area contributed by atoms with E-state index in [9.17, 15) is 4.79 Å². The number of amides is 1. The molecule has 1 atom stereocenters. The average Bonchev–Trinajstić information content (AvgIpc) is 3.18. The topological polar surface area (TPSA) is 85.2 Å². The van der Waals surface area contributed by atoms with E-state index in [0.29, 0.717) is 11.3 Å². The van der Waals surface area contributed by atoms with Crippen molar-refractivity contribution in [1.82, 2.24) is 30.0 Å². The summed E-state index contributed by atoms with van der Waals surface area (Å²) in [6, 6.07) is 17.4. The molecule has 0 fully saturated rings. The van der Waals surface area contributed by atoms with Gasteiger partial charge in [-0.05, 0) is 48.9 Å². The molecule has 1 amide bonds. The first-order valence-corrected chi connectivity index (χ1v) is 11.5. The molecule has 1 aliphatic rings. The standard InChI is InChI=1S/C26H28N6O2/c1-18(28-26(33)21-5-3-7-22(16-21)34-2)25-30-29-24-10-12-31(13-14-32(24)25)17-19-8-9-23-20(15-19)6-4-11-27-23/h3-9,11,15-16,18H,10,12-14,17H2,1-2H3,(H,28,33). The SMILES string of the molecule is COc1cccc(C(=O)NC(C)c2nnc3n2CCN(Cc2ccc4ncccc4c2)CC3)c1. The molecule has 8 nitrogen and oxygen atoms in total. The molecule has 0 radical (unpaired) electrons. The molecule has 0 spiro atoms. The van der Waals surface area contributed by atoms with Crippen LogP contribution in [0, 0.1) is 0 Å². The summed E-state index contributed by atoms with van der Waals surface area (Å²) in [6.45, 7) is 5.40. The molecule has 2 aromatic carbocycles. The number of nitrogens with one attached hydrogen (secondary N) is 1. The maximum atomic E-state index is 12.8. The molecule has 3 heterocycles. The Bertz CT molecular complexity index is 1320. The molecule has 174 valence electrons. The number of nitrogens with zero attached hydrogens (tertiary/aromatic N) is 5. The molecule has 4 aromatic rings. The molecule has 5 rings (SSSR count). The lowest BCUT2D eigenvalue weighted by Crippen LogP contribution is -2.30. The third-order valence-electron chi connectivity index (χ3n) is 6.29. The number of benzene rings is 2. The van der Waals surface area contributed by atoms with Gasteiger partial charge in [0, 0.05) is 49.7 Å². The van der Waals surface area contributed by atoms with Gasteiger partial charge in [0.1, 0.15) is 11.6 Å². The van der Waals surface area contributed by atoms with Gasteiger partial charge in [0.25, 0.3) is 5.91 Å². The van der Waals surface area contributed by atoms with E-state index in [1.165, 1.54) is 5.56 Å². The summed E-state index contributed by atoms with van der Waals surface area (Å²) in [5, 5.41) is 13.1. The Kier molecular flexibility index (Phi) is 6.22. The van der Waals surface area contributed by atoms with E-state index in [4.69, 9.17) is 4.74 Å². The smallest absolute Gasteiger partial charge is 0.251 e. The fourth-order valence-corrected chi connectivity index (χ4v) is 4.46. The van der Waals surface area contributed by atoms with Gasteiger partial charge in [0.2, 0.25) is 0 Å².